The number of nitrogens with one attached hydrogen (secondary N) is 1. The van der Waals surface area contributed by atoms with E-state index in [0.29, 0.717) is 31.7 Å². The van der Waals surface area contributed by atoms with E-state index in [2.05, 4.69) is 5.32 Å². The second kappa shape index (κ2) is 9.90. The molecule has 2 aromatic rings. The fourth-order valence-electron chi connectivity index (χ4n) is 2.13. The van der Waals surface area contributed by atoms with E-state index in [1.165, 1.54) is 12.1 Å². The number of carbonyl (C=O) groups excluding carboxylic acids is 1. The molecule has 0 fully saturated rings. The lowest BCUT2D eigenvalue weighted by Gasteiger charge is -2.11. The zero-order valence-electron chi connectivity index (χ0n) is 13.5. The van der Waals surface area contributed by atoms with Crippen LogP contribution in [-0.2, 0) is 11.4 Å². The van der Waals surface area contributed by atoms with Crippen LogP contribution in [0.4, 0.5) is 10.1 Å². The van der Waals surface area contributed by atoms with Crippen molar-refractivity contribution in [2.75, 3.05) is 11.9 Å². The van der Waals surface area contributed by atoms with E-state index < -0.39 is 0 Å². The van der Waals surface area contributed by atoms with Gasteiger partial charge in [0.25, 0.3) is 0 Å². The van der Waals surface area contributed by atoms with Gasteiger partial charge in [-0.3, -0.25) is 4.79 Å². The maximum absolute atomic E-state index is 13.1. The van der Waals surface area contributed by atoms with E-state index in [4.69, 9.17) is 10.5 Å². The van der Waals surface area contributed by atoms with Gasteiger partial charge in [0.15, 0.2) is 0 Å². The molecule has 24 heavy (non-hydrogen) atoms. The van der Waals surface area contributed by atoms with Crippen LogP contribution in [0.3, 0.4) is 0 Å². The van der Waals surface area contributed by atoms with E-state index >= 15 is 0 Å². The highest BCUT2D eigenvalue weighted by molar-refractivity contribution is 5.91. The van der Waals surface area contributed by atoms with Crippen molar-refractivity contribution in [1.82, 2.24) is 0 Å². The van der Waals surface area contributed by atoms with Gasteiger partial charge in [-0.2, -0.15) is 0 Å². The number of aryl methyl sites for hydroxylation is 1. The van der Waals surface area contributed by atoms with Crippen LogP contribution in [0.2, 0.25) is 0 Å². The molecule has 2 aromatic carbocycles. The lowest BCUT2D eigenvalue weighted by Crippen LogP contribution is -2.14. The average Bonchev–Trinajstić information content (AvgIpc) is 2.53. The first kappa shape index (κ1) is 19.9. The minimum atomic E-state index is -0.280. The molecule has 0 bridgehead atoms. The second-order valence-corrected chi connectivity index (χ2v) is 5.34. The van der Waals surface area contributed by atoms with Crippen LogP contribution in [0, 0.1) is 12.7 Å². The Morgan fingerprint density at radius 2 is 2.04 bits per heavy atom. The van der Waals surface area contributed by atoms with E-state index in [1.807, 2.05) is 19.1 Å². The van der Waals surface area contributed by atoms with Crippen molar-refractivity contribution < 1.29 is 13.9 Å². The summed E-state index contributed by atoms with van der Waals surface area (Å²) < 4.78 is 18.8. The van der Waals surface area contributed by atoms with E-state index in [1.54, 1.807) is 18.2 Å². The normalized spacial score (nSPS) is 9.96. The van der Waals surface area contributed by atoms with Crippen LogP contribution in [0.1, 0.15) is 24.0 Å². The van der Waals surface area contributed by atoms with Gasteiger partial charge < -0.3 is 15.8 Å². The van der Waals surface area contributed by atoms with E-state index in [-0.39, 0.29) is 24.1 Å². The Balaban J connectivity index is 0.00000288. The minimum Gasteiger partial charge on any atom is -0.489 e. The van der Waals surface area contributed by atoms with Crippen LogP contribution in [0.15, 0.2) is 42.5 Å². The number of anilines is 1. The monoisotopic (exact) mass is 352 g/mol. The van der Waals surface area contributed by atoms with Gasteiger partial charge in [-0.25, -0.2) is 4.39 Å². The Hall–Kier alpha value is -2.11. The number of nitrogens with two attached hydrogens (primary N) is 1. The maximum Gasteiger partial charge on any atom is 0.224 e. The molecule has 130 valence electrons. The molecule has 0 saturated heterocycles. The number of halogens is 2. The molecule has 4 nitrogen and oxygen atoms in total. The molecule has 0 aromatic heterocycles. The summed E-state index contributed by atoms with van der Waals surface area (Å²) in [6, 6.07) is 11.7. The highest BCUT2D eigenvalue weighted by Crippen LogP contribution is 2.22. The van der Waals surface area contributed by atoms with E-state index in [0.717, 1.165) is 16.8 Å². The fraction of sp³-hybridized carbons (Fsp3) is 0.278. The molecule has 1 amide bonds. The zero-order valence-corrected chi connectivity index (χ0v) is 14.4. The molecule has 0 atom stereocenters. The lowest BCUT2D eigenvalue weighted by molar-refractivity contribution is -0.116. The topological polar surface area (TPSA) is 64.3 Å². The zero-order chi connectivity index (χ0) is 16.7. The molecule has 0 radical (unpaired) electrons. The molecule has 3 N–H and O–H groups in total. The van der Waals surface area contributed by atoms with Gasteiger partial charge in [0.05, 0.1) is 0 Å². The average molecular weight is 353 g/mol. The van der Waals surface area contributed by atoms with Gasteiger partial charge in [-0.05, 0) is 61.3 Å². The van der Waals surface area contributed by atoms with Crippen molar-refractivity contribution in [3.05, 3.63) is 59.4 Å². The molecule has 0 spiro atoms. The van der Waals surface area contributed by atoms with Crippen LogP contribution in [0.5, 0.6) is 5.75 Å². The first-order chi connectivity index (χ1) is 11.1. The third-order valence-corrected chi connectivity index (χ3v) is 3.37. The summed E-state index contributed by atoms with van der Waals surface area (Å²) in [5.41, 5.74) is 7.82. The van der Waals surface area contributed by atoms with Crippen molar-refractivity contribution in [2.24, 2.45) is 5.73 Å². The summed E-state index contributed by atoms with van der Waals surface area (Å²) >= 11 is 0. The quantitative estimate of drug-likeness (QED) is 0.796. The second-order valence-electron chi connectivity index (χ2n) is 5.34. The predicted molar refractivity (Wildman–Crippen MR) is 96.1 cm³/mol. The maximum atomic E-state index is 13.1. The van der Waals surface area contributed by atoms with Gasteiger partial charge in [0, 0.05) is 12.1 Å². The highest BCUT2D eigenvalue weighted by Gasteiger charge is 2.06. The number of carbonyl (C=O) groups is 1. The molecule has 0 aliphatic carbocycles. The standard InChI is InChI=1S/C18H21FN2O2.ClH/c1-13-10-16(23-12-14-4-2-5-15(19)11-14)7-8-17(13)21-18(22)6-3-9-20;/h2,4-5,7-8,10-11H,3,6,9,12,20H2,1H3,(H,21,22);1H. The van der Waals surface area contributed by atoms with Crippen molar-refractivity contribution >= 4 is 24.0 Å². The largest absolute Gasteiger partial charge is 0.489 e. The minimum absolute atomic E-state index is 0. The lowest BCUT2D eigenvalue weighted by atomic mass is 10.1. The van der Waals surface area contributed by atoms with E-state index in [9.17, 15) is 9.18 Å². The summed E-state index contributed by atoms with van der Waals surface area (Å²) in [5, 5.41) is 2.85. The molecular formula is C18H22ClFN2O2. The Morgan fingerprint density at radius 1 is 1.25 bits per heavy atom. The number of hydrogen-bond donors (Lipinski definition) is 2. The van der Waals surface area contributed by atoms with Gasteiger partial charge in [0.1, 0.15) is 18.2 Å². The number of benzene rings is 2. The van der Waals surface area contributed by atoms with Crippen molar-refractivity contribution in [2.45, 2.75) is 26.4 Å². The summed E-state index contributed by atoms with van der Waals surface area (Å²) in [7, 11) is 0. The number of hydrogen-bond acceptors (Lipinski definition) is 3. The third kappa shape index (κ3) is 6.18. The van der Waals surface area contributed by atoms with Gasteiger partial charge in [-0.15, -0.1) is 12.4 Å². The SMILES string of the molecule is Cc1cc(OCc2cccc(F)c2)ccc1NC(=O)CCCN.Cl. The first-order valence-electron chi connectivity index (χ1n) is 7.56. The van der Waals surface area contributed by atoms with Gasteiger partial charge >= 0.3 is 0 Å². The first-order valence-corrected chi connectivity index (χ1v) is 7.56. The van der Waals surface area contributed by atoms with Crippen molar-refractivity contribution in [3.63, 3.8) is 0 Å². The molecule has 0 saturated carbocycles. The van der Waals surface area contributed by atoms with Crippen LogP contribution >= 0.6 is 12.4 Å². The number of amides is 1. The number of ether oxygens (including phenoxy) is 1. The molecule has 0 unspecified atom stereocenters. The predicted octanol–water partition coefficient (Wildman–Crippen LogP) is 3.81. The Morgan fingerprint density at radius 3 is 2.71 bits per heavy atom. The smallest absolute Gasteiger partial charge is 0.224 e. The van der Waals surface area contributed by atoms with Crippen LogP contribution in [-0.4, -0.2) is 12.5 Å². The van der Waals surface area contributed by atoms with Crippen molar-refractivity contribution in [1.29, 1.82) is 0 Å². The molecule has 0 aliphatic heterocycles. The van der Waals surface area contributed by atoms with Crippen molar-refractivity contribution in [3.8, 4) is 5.75 Å². The van der Waals surface area contributed by atoms with Crippen LogP contribution in [0.25, 0.3) is 0 Å². The molecule has 2 rings (SSSR count). The highest BCUT2D eigenvalue weighted by atomic mass is 35.5. The third-order valence-electron chi connectivity index (χ3n) is 3.37. The summed E-state index contributed by atoms with van der Waals surface area (Å²) in [4.78, 5) is 11.7. The number of rotatable bonds is 7. The molecular weight excluding hydrogens is 331 g/mol. The van der Waals surface area contributed by atoms with Crippen LogP contribution < -0.4 is 15.8 Å². The molecule has 6 heteroatoms. The summed E-state index contributed by atoms with van der Waals surface area (Å²) in [6.07, 6.45) is 1.08. The summed E-state index contributed by atoms with van der Waals surface area (Å²) in [6.45, 7) is 2.69. The fourth-order valence-corrected chi connectivity index (χ4v) is 2.13. The Labute approximate surface area is 147 Å². The van der Waals surface area contributed by atoms with Gasteiger partial charge in [0.2, 0.25) is 5.91 Å². The molecule has 0 aliphatic rings. The Bertz CT molecular complexity index is 680. The molecule has 0 heterocycles. The van der Waals surface area contributed by atoms with Gasteiger partial charge in [-0.1, -0.05) is 12.1 Å². The summed E-state index contributed by atoms with van der Waals surface area (Å²) in [5.74, 6) is 0.344. The Kier molecular flexibility index (Phi) is 8.22.